The van der Waals surface area contributed by atoms with Gasteiger partial charge in [-0.3, -0.25) is 0 Å². The van der Waals surface area contributed by atoms with E-state index in [1.165, 1.54) is 5.52 Å². The van der Waals surface area contributed by atoms with Gasteiger partial charge in [0.15, 0.2) is 0 Å². The summed E-state index contributed by atoms with van der Waals surface area (Å²) in [7, 11) is 2.05. The third kappa shape index (κ3) is 1.90. The van der Waals surface area contributed by atoms with Crippen LogP contribution >= 0.6 is 0 Å². The Bertz CT molecular complexity index is 485. The number of nitrogens with zero attached hydrogens (tertiary/aromatic N) is 2. The van der Waals surface area contributed by atoms with Gasteiger partial charge in [-0.15, -0.1) is 0 Å². The highest BCUT2D eigenvalue weighted by molar-refractivity contribution is 5.78. The fourth-order valence-electron chi connectivity index (χ4n) is 1.64. The Balaban J connectivity index is 2.35. The number of aryl methyl sites for hydroxylation is 1. The Labute approximate surface area is 96.5 Å². The lowest BCUT2D eigenvalue weighted by Crippen LogP contribution is -2.23. The molecule has 0 bridgehead atoms. The highest BCUT2D eigenvalue weighted by Gasteiger charge is 2.11. The summed E-state index contributed by atoms with van der Waals surface area (Å²) < 4.78 is 2.11. The molecule has 3 nitrogen and oxygen atoms in total. The van der Waals surface area contributed by atoms with Gasteiger partial charge < -0.3 is 9.88 Å². The maximum atomic E-state index is 4.59. The molecule has 2 rings (SSSR count). The molecule has 2 aromatic rings. The van der Waals surface area contributed by atoms with Crippen LogP contribution in [0.15, 0.2) is 24.3 Å². The molecular weight excluding hydrogens is 198 g/mol. The van der Waals surface area contributed by atoms with Gasteiger partial charge in [-0.2, -0.15) is 0 Å². The fourth-order valence-corrected chi connectivity index (χ4v) is 1.64. The Hall–Kier alpha value is -1.51. The summed E-state index contributed by atoms with van der Waals surface area (Å²) in [5.41, 5.74) is 2.21. The monoisotopic (exact) mass is 217 g/mol. The number of para-hydroxylation sites is 2. The second-order valence-electron chi connectivity index (χ2n) is 4.66. The molecule has 0 spiro atoms. The molecule has 0 saturated carbocycles. The predicted octanol–water partition coefficient (Wildman–Crippen LogP) is 3.03. The molecule has 0 radical (unpaired) electrons. The number of hydrogen-bond acceptors (Lipinski definition) is 2. The van der Waals surface area contributed by atoms with E-state index in [2.05, 4.69) is 41.7 Å². The molecule has 16 heavy (non-hydrogen) atoms. The van der Waals surface area contributed by atoms with Gasteiger partial charge in [0.1, 0.15) is 0 Å². The van der Waals surface area contributed by atoms with Gasteiger partial charge in [0.25, 0.3) is 0 Å². The standard InChI is InChI=1S/C13H19N3/c1-9(2)10(3)14-13-15-11-7-5-6-8-12(11)16(13)4/h5-10H,1-4H3,(H,14,15). The first kappa shape index (κ1) is 11.0. The van der Waals surface area contributed by atoms with Crippen LogP contribution in [0.5, 0.6) is 0 Å². The zero-order valence-corrected chi connectivity index (χ0v) is 10.4. The van der Waals surface area contributed by atoms with Gasteiger partial charge in [0.05, 0.1) is 11.0 Å². The van der Waals surface area contributed by atoms with Crippen LogP contribution in [0.4, 0.5) is 5.95 Å². The van der Waals surface area contributed by atoms with Gasteiger partial charge in [0, 0.05) is 13.1 Å². The lowest BCUT2D eigenvalue weighted by molar-refractivity contribution is 0.554. The van der Waals surface area contributed by atoms with Crippen molar-refractivity contribution in [3.63, 3.8) is 0 Å². The van der Waals surface area contributed by atoms with Crippen molar-refractivity contribution >= 4 is 17.0 Å². The van der Waals surface area contributed by atoms with Gasteiger partial charge in [0.2, 0.25) is 5.95 Å². The van der Waals surface area contributed by atoms with Gasteiger partial charge >= 0.3 is 0 Å². The number of fused-ring (bicyclic) bond motifs is 1. The molecule has 1 aromatic carbocycles. The maximum absolute atomic E-state index is 4.59. The van der Waals surface area contributed by atoms with Crippen molar-refractivity contribution in [1.82, 2.24) is 9.55 Å². The van der Waals surface area contributed by atoms with Gasteiger partial charge in [-0.1, -0.05) is 26.0 Å². The van der Waals surface area contributed by atoms with Gasteiger partial charge in [-0.25, -0.2) is 4.98 Å². The average molecular weight is 217 g/mol. The largest absolute Gasteiger partial charge is 0.353 e. The molecule has 0 amide bonds. The molecule has 86 valence electrons. The number of imidazole rings is 1. The molecule has 1 N–H and O–H groups in total. The van der Waals surface area contributed by atoms with Crippen molar-refractivity contribution in [3.8, 4) is 0 Å². The average Bonchev–Trinajstić information content (AvgIpc) is 2.56. The molecule has 1 atom stereocenters. The Kier molecular flexibility index (Phi) is 2.86. The van der Waals surface area contributed by atoms with E-state index in [1.54, 1.807) is 0 Å². The Morgan fingerprint density at radius 2 is 1.88 bits per heavy atom. The zero-order valence-electron chi connectivity index (χ0n) is 10.4. The van der Waals surface area contributed by atoms with Crippen LogP contribution in [-0.4, -0.2) is 15.6 Å². The van der Waals surface area contributed by atoms with E-state index in [-0.39, 0.29) is 0 Å². The van der Waals surface area contributed by atoms with E-state index in [1.807, 2.05) is 25.2 Å². The van der Waals surface area contributed by atoms with Crippen molar-refractivity contribution in [3.05, 3.63) is 24.3 Å². The summed E-state index contributed by atoms with van der Waals surface area (Å²) >= 11 is 0. The highest BCUT2D eigenvalue weighted by Crippen LogP contribution is 2.19. The van der Waals surface area contributed by atoms with Crippen LogP contribution in [0.2, 0.25) is 0 Å². The first-order valence-electron chi connectivity index (χ1n) is 5.77. The molecule has 0 aliphatic carbocycles. The first-order chi connectivity index (χ1) is 7.59. The van der Waals surface area contributed by atoms with E-state index < -0.39 is 0 Å². The van der Waals surface area contributed by atoms with Crippen LogP contribution in [-0.2, 0) is 7.05 Å². The third-order valence-electron chi connectivity index (χ3n) is 3.14. The summed E-state index contributed by atoms with van der Waals surface area (Å²) in [6.07, 6.45) is 0. The van der Waals surface area contributed by atoms with Crippen LogP contribution in [0.3, 0.4) is 0 Å². The minimum absolute atomic E-state index is 0.426. The molecule has 3 heteroatoms. The van der Waals surface area contributed by atoms with Crippen molar-refractivity contribution < 1.29 is 0 Å². The van der Waals surface area contributed by atoms with E-state index in [0.717, 1.165) is 11.5 Å². The van der Waals surface area contributed by atoms with Crippen LogP contribution in [0.25, 0.3) is 11.0 Å². The molecule has 1 unspecified atom stereocenters. The normalized spacial score (nSPS) is 13.3. The smallest absolute Gasteiger partial charge is 0.203 e. The summed E-state index contributed by atoms with van der Waals surface area (Å²) in [5.74, 6) is 1.54. The number of rotatable bonds is 3. The van der Waals surface area contributed by atoms with Crippen molar-refractivity contribution in [2.45, 2.75) is 26.8 Å². The Morgan fingerprint density at radius 1 is 1.19 bits per heavy atom. The van der Waals surface area contributed by atoms with Crippen LogP contribution < -0.4 is 5.32 Å². The SMILES string of the molecule is CC(C)C(C)Nc1nc2ccccc2n1C. The van der Waals surface area contributed by atoms with Crippen molar-refractivity contribution in [2.75, 3.05) is 5.32 Å². The number of aromatic nitrogens is 2. The van der Waals surface area contributed by atoms with Crippen molar-refractivity contribution in [1.29, 1.82) is 0 Å². The number of anilines is 1. The molecule has 1 heterocycles. The first-order valence-corrected chi connectivity index (χ1v) is 5.77. The molecule has 0 saturated heterocycles. The molecule has 0 aliphatic heterocycles. The topological polar surface area (TPSA) is 29.9 Å². The van der Waals surface area contributed by atoms with Crippen LogP contribution in [0.1, 0.15) is 20.8 Å². The molecular formula is C13H19N3. The van der Waals surface area contributed by atoms with E-state index in [0.29, 0.717) is 12.0 Å². The van der Waals surface area contributed by atoms with Crippen LogP contribution in [0, 0.1) is 5.92 Å². The summed E-state index contributed by atoms with van der Waals surface area (Å²) in [5, 5.41) is 3.45. The fraction of sp³-hybridized carbons (Fsp3) is 0.462. The lowest BCUT2D eigenvalue weighted by atomic mass is 10.1. The second-order valence-corrected chi connectivity index (χ2v) is 4.66. The van der Waals surface area contributed by atoms with Gasteiger partial charge in [-0.05, 0) is 25.0 Å². The maximum Gasteiger partial charge on any atom is 0.203 e. The minimum atomic E-state index is 0.426. The van der Waals surface area contributed by atoms with Crippen molar-refractivity contribution in [2.24, 2.45) is 13.0 Å². The summed E-state index contributed by atoms with van der Waals surface area (Å²) in [6.45, 7) is 6.60. The lowest BCUT2D eigenvalue weighted by Gasteiger charge is -2.17. The number of benzene rings is 1. The summed E-state index contributed by atoms with van der Waals surface area (Å²) in [4.78, 5) is 4.59. The zero-order chi connectivity index (χ0) is 11.7. The quantitative estimate of drug-likeness (QED) is 0.856. The summed E-state index contributed by atoms with van der Waals surface area (Å²) in [6, 6.07) is 8.62. The predicted molar refractivity (Wildman–Crippen MR) is 68.6 cm³/mol. The van der Waals surface area contributed by atoms with E-state index in [4.69, 9.17) is 0 Å². The van der Waals surface area contributed by atoms with E-state index in [9.17, 15) is 0 Å². The Morgan fingerprint density at radius 3 is 2.50 bits per heavy atom. The molecule has 1 aromatic heterocycles. The molecule has 0 aliphatic rings. The minimum Gasteiger partial charge on any atom is -0.353 e. The van der Waals surface area contributed by atoms with E-state index >= 15 is 0 Å². The molecule has 0 fully saturated rings. The third-order valence-corrected chi connectivity index (χ3v) is 3.14. The number of hydrogen-bond donors (Lipinski definition) is 1. The number of nitrogens with one attached hydrogen (secondary N) is 1. The second kappa shape index (κ2) is 4.16. The highest BCUT2D eigenvalue weighted by atomic mass is 15.2.